The van der Waals surface area contributed by atoms with Gasteiger partial charge in [-0.3, -0.25) is 4.68 Å². The van der Waals surface area contributed by atoms with Crippen LogP contribution in [0.15, 0.2) is 18.5 Å². The monoisotopic (exact) mass is 252 g/mol. The number of aromatic nitrogens is 3. The Bertz CT molecular complexity index is 525. The van der Waals surface area contributed by atoms with Crippen molar-refractivity contribution in [3.63, 3.8) is 0 Å². The van der Waals surface area contributed by atoms with E-state index in [4.69, 9.17) is 17.3 Å². The summed E-state index contributed by atoms with van der Waals surface area (Å²) in [6.45, 7) is 4.67. The molecule has 92 valence electrons. The Morgan fingerprint density at radius 1 is 1.53 bits per heavy atom. The third kappa shape index (κ3) is 2.37. The first kappa shape index (κ1) is 12.2. The quantitative estimate of drug-likeness (QED) is 0.911. The Morgan fingerprint density at radius 3 is 2.71 bits per heavy atom. The molecule has 0 aliphatic carbocycles. The maximum Gasteiger partial charge on any atom is 0.131 e. The standard InChI is InChI=1S/C12H17ClN4/c1-8(14)10-4-5-17(6-10)7-11-9(2)15-16(3)12(11)13/h4-6,8H,7,14H2,1-3H3. The number of hydrogen-bond acceptors (Lipinski definition) is 2. The van der Waals surface area contributed by atoms with Gasteiger partial charge in [0.2, 0.25) is 0 Å². The van der Waals surface area contributed by atoms with Gasteiger partial charge in [0.05, 0.1) is 12.2 Å². The van der Waals surface area contributed by atoms with Crippen molar-refractivity contribution < 1.29 is 0 Å². The highest BCUT2D eigenvalue weighted by Gasteiger charge is 2.11. The fourth-order valence-corrected chi connectivity index (χ4v) is 2.10. The smallest absolute Gasteiger partial charge is 0.131 e. The number of nitrogens with zero attached hydrogens (tertiary/aromatic N) is 3. The number of hydrogen-bond donors (Lipinski definition) is 1. The molecule has 0 radical (unpaired) electrons. The van der Waals surface area contributed by atoms with Gasteiger partial charge in [-0.05, 0) is 25.5 Å². The van der Waals surface area contributed by atoms with Crippen molar-refractivity contribution in [3.05, 3.63) is 40.4 Å². The Kier molecular flexibility index (Phi) is 3.26. The topological polar surface area (TPSA) is 48.8 Å². The van der Waals surface area contributed by atoms with E-state index >= 15 is 0 Å². The van der Waals surface area contributed by atoms with E-state index in [-0.39, 0.29) is 6.04 Å². The molecule has 5 heteroatoms. The predicted octanol–water partition coefficient (Wildman–Crippen LogP) is 2.25. The molecule has 17 heavy (non-hydrogen) atoms. The summed E-state index contributed by atoms with van der Waals surface area (Å²) >= 11 is 6.20. The summed E-state index contributed by atoms with van der Waals surface area (Å²) in [7, 11) is 1.85. The first-order valence-corrected chi connectivity index (χ1v) is 5.96. The molecule has 4 nitrogen and oxygen atoms in total. The second kappa shape index (κ2) is 4.55. The van der Waals surface area contributed by atoms with E-state index in [1.807, 2.05) is 39.4 Å². The van der Waals surface area contributed by atoms with Crippen LogP contribution in [0.4, 0.5) is 0 Å². The van der Waals surface area contributed by atoms with Crippen LogP contribution in [0.1, 0.15) is 29.8 Å². The van der Waals surface area contributed by atoms with Crippen LogP contribution in [0.3, 0.4) is 0 Å². The molecule has 0 saturated carbocycles. The number of nitrogens with two attached hydrogens (primary N) is 1. The maximum absolute atomic E-state index is 6.20. The lowest BCUT2D eigenvalue weighted by atomic mass is 10.2. The SMILES string of the molecule is Cc1nn(C)c(Cl)c1Cn1ccc(C(C)N)c1. The van der Waals surface area contributed by atoms with Crippen molar-refractivity contribution in [2.24, 2.45) is 12.8 Å². The van der Waals surface area contributed by atoms with E-state index in [1.54, 1.807) is 4.68 Å². The van der Waals surface area contributed by atoms with Crippen LogP contribution in [0.2, 0.25) is 5.15 Å². The van der Waals surface area contributed by atoms with Gasteiger partial charge in [-0.15, -0.1) is 0 Å². The van der Waals surface area contributed by atoms with Gasteiger partial charge in [0.1, 0.15) is 5.15 Å². The summed E-state index contributed by atoms with van der Waals surface area (Å²) in [4.78, 5) is 0. The first-order chi connectivity index (χ1) is 7.99. The Hall–Kier alpha value is -1.26. The Labute approximate surface area is 106 Å². The second-order valence-corrected chi connectivity index (χ2v) is 4.74. The zero-order valence-corrected chi connectivity index (χ0v) is 11.1. The summed E-state index contributed by atoms with van der Waals surface area (Å²) in [5.74, 6) is 0. The molecule has 2 N–H and O–H groups in total. The van der Waals surface area contributed by atoms with E-state index < -0.39 is 0 Å². The van der Waals surface area contributed by atoms with Crippen LogP contribution < -0.4 is 5.73 Å². The second-order valence-electron chi connectivity index (χ2n) is 4.38. The van der Waals surface area contributed by atoms with Gasteiger partial charge >= 0.3 is 0 Å². The van der Waals surface area contributed by atoms with Crippen molar-refractivity contribution in [2.75, 3.05) is 0 Å². The van der Waals surface area contributed by atoms with E-state index in [1.165, 1.54) is 0 Å². The third-order valence-electron chi connectivity index (χ3n) is 2.91. The van der Waals surface area contributed by atoms with Crippen molar-refractivity contribution in [1.82, 2.24) is 14.3 Å². The number of rotatable bonds is 3. The van der Waals surface area contributed by atoms with Crippen LogP contribution in [0, 0.1) is 6.92 Å². The van der Waals surface area contributed by atoms with E-state index in [0.29, 0.717) is 5.15 Å². The fraction of sp³-hybridized carbons (Fsp3) is 0.417. The lowest BCUT2D eigenvalue weighted by molar-refractivity contribution is 0.756. The molecule has 0 amide bonds. The summed E-state index contributed by atoms with van der Waals surface area (Å²) in [5, 5.41) is 4.99. The van der Waals surface area contributed by atoms with Gasteiger partial charge < -0.3 is 10.3 Å². The van der Waals surface area contributed by atoms with Crippen LogP contribution in [-0.4, -0.2) is 14.3 Å². The molecule has 2 aromatic heterocycles. The average molecular weight is 253 g/mol. The molecule has 0 aromatic carbocycles. The number of halogens is 1. The van der Waals surface area contributed by atoms with Gasteiger partial charge in [-0.1, -0.05) is 11.6 Å². The molecule has 1 unspecified atom stereocenters. The molecule has 0 aliphatic heterocycles. The first-order valence-electron chi connectivity index (χ1n) is 5.58. The zero-order chi connectivity index (χ0) is 12.6. The van der Waals surface area contributed by atoms with Crippen molar-refractivity contribution in [2.45, 2.75) is 26.4 Å². The molecule has 0 bridgehead atoms. The van der Waals surface area contributed by atoms with E-state index in [9.17, 15) is 0 Å². The van der Waals surface area contributed by atoms with Crippen LogP contribution in [-0.2, 0) is 13.6 Å². The van der Waals surface area contributed by atoms with Crippen LogP contribution >= 0.6 is 11.6 Å². The molecule has 2 heterocycles. The predicted molar refractivity (Wildman–Crippen MR) is 69.1 cm³/mol. The van der Waals surface area contributed by atoms with Crippen LogP contribution in [0.25, 0.3) is 0 Å². The number of aryl methyl sites for hydroxylation is 2. The van der Waals surface area contributed by atoms with Gasteiger partial charge in [0, 0.05) is 31.0 Å². The largest absolute Gasteiger partial charge is 0.349 e. The van der Waals surface area contributed by atoms with Gasteiger partial charge in [-0.25, -0.2) is 0 Å². The lowest BCUT2D eigenvalue weighted by Crippen LogP contribution is -2.04. The summed E-state index contributed by atoms with van der Waals surface area (Å²) < 4.78 is 3.77. The Morgan fingerprint density at radius 2 is 2.24 bits per heavy atom. The average Bonchev–Trinajstić information content (AvgIpc) is 2.80. The zero-order valence-electron chi connectivity index (χ0n) is 10.3. The molecule has 0 fully saturated rings. The maximum atomic E-state index is 6.20. The van der Waals surface area contributed by atoms with Crippen molar-refractivity contribution in [3.8, 4) is 0 Å². The minimum Gasteiger partial charge on any atom is -0.349 e. The minimum absolute atomic E-state index is 0.0571. The molecule has 2 rings (SSSR count). The van der Waals surface area contributed by atoms with Crippen molar-refractivity contribution >= 4 is 11.6 Å². The van der Waals surface area contributed by atoms with Crippen molar-refractivity contribution in [1.29, 1.82) is 0 Å². The summed E-state index contributed by atoms with van der Waals surface area (Å²) in [5.41, 5.74) is 8.98. The van der Waals surface area contributed by atoms with Crippen LogP contribution in [0.5, 0.6) is 0 Å². The highest BCUT2D eigenvalue weighted by Crippen LogP contribution is 2.20. The molecule has 0 saturated heterocycles. The van der Waals surface area contributed by atoms with Gasteiger partial charge in [0.15, 0.2) is 0 Å². The van der Waals surface area contributed by atoms with Gasteiger partial charge in [-0.2, -0.15) is 5.10 Å². The lowest BCUT2D eigenvalue weighted by Gasteiger charge is -2.03. The minimum atomic E-state index is 0.0571. The molecule has 1 atom stereocenters. The normalized spacial score (nSPS) is 13.0. The molecular formula is C12H17ClN4. The molecular weight excluding hydrogens is 236 g/mol. The summed E-state index contributed by atoms with van der Waals surface area (Å²) in [6.07, 6.45) is 4.06. The fourth-order valence-electron chi connectivity index (χ4n) is 1.86. The van der Waals surface area contributed by atoms with Gasteiger partial charge in [0.25, 0.3) is 0 Å². The molecule has 0 aliphatic rings. The third-order valence-corrected chi connectivity index (χ3v) is 3.38. The molecule has 0 spiro atoms. The highest BCUT2D eigenvalue weighted by atomic mass is 35.5. The molecule has 2 aromatic rings. The Balaban J connectivity index is 2.25. The highest BCUT2D eigenvalue weighted by molar-refractivity contribution is 6.30. The summed E-state index contributed by atoms with van der Waals surface area (Å²) in [6, 6.07) is 2.09. The van der Waals surface area contributed by atoms with E-state index in [2.05, 4.69) is 9.67 Å². The van der Waals surface area contributed by atoms with E-state index in [0.717, 1.165) is 23.4 Å².